The summed E-state index contributed by atoms with van der Waals surface area (Å²) in [6, 6.07) is 0. The van der Waals surface area contributed by atoms with E-state index in [1.54, 1.807) is 34.5 Å². The lowest BCUT2D eigenvalue weighted by atomic mass is 9.97. The van der Waals surface area contributed by atoms with Crippen molar-refractivity contribution in [2.24, 2.45) is 7.05 Å². The van der Waals surface area contributed by atoms with Crippen molar-refractivity contribution >= 4 is 33.5 Å². The van der Waals surface area contributed by atoms with Crippen molar-refractivity contribution in [3.8, 4) is 0 Å². The molecule has 128 valence electrons. The number of hydrogen-bond acceptors (Lipinski definition) is 5. The third kappa shape index (κ3) is 2.89. The van der Waals surface area contributed by atoms with Crippen LogP contribution in [-0.2, 0) is 24.7 Å². The van der Waals surface area contributed by atoms with E-state index in [2.05, 4.69) is 15.4 Å². The van der Waals surface area contributed by atoms with Crippen LogP contribution >= 0.6 is 11.3 Å². The van der Waals surface area contributed by atoms with Crippen LogP contribution in [-0.4, -0.2) is 25.1 Å². The summed E-state index contributed by atoms with van der Waals surface area (Å²) in [4.78, 5) is 35.2. The first kappa shape index (κ1) is 15.8. The molecule has 0 unspecified atom stereocenters. The van der Waals surface area contributed by atoms with E-state index in [0.717, 1.165) is 41.8 Å². The highest BCUT2D eigenvalue weighted by atomic mass is 32.1. The summed E-state index contributed by atoms with van der Waals surface area (Å²) in [6.45, 7) is 0. The number of aromatic nitrogens is 4. The van der Waals surface area contributed by atoms with E-state index in [-0.39, 0.29) is 5.56 Å². The number of hydrogen-bond donors (Lipinski definition) is 1. The van der Waals surface area contributed by atoms with Gasteiger partial charge in [0.2, 0.25) is 0 Å². The summed E-state index contributed by atoms with van der Waals surface area (Å²) in [5.41, 5.74) is 4.26. The molecule has 25 heavy (non-hydrogen) atoms. The lowest BCUT2D eigenvalue weighted by Gasteiger charge is -2.10. The van der Waals surface area contributed by atoms with Crippen LogP contribution in [0.25, 0.3) is 16.3 Å². The van der Waals surface area contributed by atoms with Crippen molar-refractivity contribution < 1.29 is 4.79 Å². The standard InChI is InChI=1S/C17H17N5O2S/c1-21-9-18-8-11(21)6-7-14(23)20-22-10-19-16-15(17(22)24)12-4-2-3-5-13(12)25-16/h6-10H,2-5H2,1H3,(H,20,23)/b7-6+. The van der Waals surface area contributed by atoms with Crippen molar-refractivity contribution in [1.82, 2.24) is 19.2 Å². The molecule has 3 heterocycles. The van der Waals surface area contributed by atoms with E-state index in [1.165, 1.54) is 22.0 Å². The zero-order valence-corrected chi connectivity index (χ0v) is 14.5. The summed E-state index contributed by atoms with van der Waals surface area (Å²) in [6.07, 6.45) is 11.9. The molecule has 0 bridgehead atoms. The number of aryl methyl sites for hydroxylation is 3. The first-order valence-electron chi connectivity index (χ1n) is 8.11. The highest BCUT2D eigenvalue weighted by Crippen LogP contribution is 2.33. The molecule has 4 rings (SSSR count). The molecular weight excluding hydrogens is 338 g/mol. The average Bonchev–Trinajstić information content (AvgIpc) is 3.19. The number of nitrogens with one attached hydrogen (secondary N) is 1. The molecule has 1 aliphatic carbocycles. The summed E-state index contributed by atoms with van der Waals surface area (Å²) >= 11 is 1.59. The quantitative estimate of drug-likeness (QED) is 0.727. The third-order valence-corrected chi connectivity index (χ3v) is 5.57. The Labute approximate surface area is 147 Å². The minimum atomic E-state index is -0.395. The number of fused-ring (bicyclic) bond motifs is 3. The minimum absolute atomic E-state index is 0.216. The van der Waals surface area contributed by atoms with Gasteiger partial charge in [0.25, 0.3) is 11.5 Å². The van der Waals surface area contributed by atoms with Crippen LogP contribution in [0.5, 0.6) is 0 Å². The van der Waals surface area contributed by atoms with Crippen molar-refractivity contribution in [1.29, 1.82) is 0 Å². The molecule has 8 heteroatoms. The summed E-state index contributed by atoms with van der Waals surface area (Å²) in [5.74, 6) is -0.395. The monoisotopic (exact) mass is 355 g/mol. The predicted molar refractivity (Wildman–Crippen MR) is 97.1 cm³/mol. The molecule has 0 atom stereocenters. The Morgan fingerprint density at radius 1 is 1.32 bits per heavy atom. The number of imidazole rings is 1. The number of carbonyl (C=O) groups is 1. The van der Waals surface area contributed by atoms with Crippen LogP contribution in [0.2, 0.25) is 0 Å². The molecule has 1 N–H and O–H groups in total. The van der Waals surface area contributed by atoms with Gasteiger partial charge < -0.3 is 4.57 Å². The molecule has 3 aromatic heterocycles. The molecule has 1 aliphatic rings. The van der Waals surface area contributed by atoms with Crippen molar-refractivity contribution in [2.45, 2.75) is 25.7 Å². The first-order valence-corrected chi connectivity index (χ1v) is 8.92. The molecule has 0 saturated carbocycles. The molecule has 0 saturated heterocycles. The second kappa shape index (κ2) is 6.29. The van der Waals surface area contributed by atoms with E-state index in [9.17, 15) is 9.59 Å². The Morgan fingerprint density at radius 2 is 2.16 bits per heavy atom. The maximum atomic E-state index is 12.8. The van der Waals surface area contributed by atoms with Crippen LogP contribution in [0, 0.1) is 0 Å². The fourth-order valence-electron chi connectivity index (χ4n) is 3.07. The van der Waals surface area contributed by atoms with Gasteiger partial charge in [-0.15, -0.1) is 11.3 Å². The second-order valence-electron chi connectivity index (χ2n) is 6.05. The number of thiophene rings is 1. The van der Waals surface area contributed by atoms with Gasteiger partial charge in [0, 0.05) is 18.0 Å². The van der Waals surface area contributed by atoms with Crippen LogP contribution in [0.15, 0.2) is 29.7 Å². The molecule has 3 aromatic rings. The lowest BCUT2D eigenvalue weighted by molar-refractivity contribution is -0.112. The third-order valence-electron chi connectivity index (χ3n) is 4.37. The first-order chi connectivity index (χ1) is 12.1. The maximum Gasteiger partial charge on any atom is 0.281 e. The normalized spacial score (nSPS) is 14.1. The predicted octanol–water partition coefficient (Wildman–Crippen LogP) is 1.85. The Balaban J connectivity index is 1.62. The largest absolute Gasteiger partial charge is 0.334 e. The molecular formula is C17H17N5O2S. The molecule has 1 amide bonds. The summed E-state index contributed by atoms with van der Waals surface area (Å²) in [7, 11) is 1.84. The van der Waals surface area contributed by atoms with Gasteiger partial charge in [-0.2, -0.15) is 0 Å². The average molecular weight is 355 g/mol. The van der Waals surface area contributed by atoms with Crippen LogP contribution in [0.4, 0.5) is 0 Å². The summed E-state index contributed by atoms with van der Waals surface area (Å²) in [5, 5.41) is 0.651. The molecule has 0 fully saturated rings. The van der Waals surface area contributed by atoms with Gasteiger partial charge in [0.05, 0.1) is 23.6 Å². The van der Waals surface area contributed by atoms with Gasteiger partial charge in [-0.1, -0.05) is 0 Å². The van der Waals surface area contributed by atoms with Crippen LogP contribution in [0.1, 0.15) is 29.0 Å². The van der Waals surface area contributed by atoms with Crippen molar-refractivity contribution in [2.75, 3.05) is 5.43 Å². The number of amides is 1. The molecule has 0 radical (unpaired) electrons. The van der Waals surface area contributed by atoms with Crippen molar-refractivity contribution in [3.63, 3.8) is 0 Å². The molecule has 0 spiro atoms. The fraction of sp³-hybridized carbons (Fsp3) is 0.294. The Morgan fingerprint density at radius 3 is 2.96 bits per heavy atom. The Hall–Kier alpha value is -2.74. The Kier molecular flexibility index (Phi) is 3.96. The Bertz CT molecular complexity index is 1040. The van der Waals surface area contributed by atoms with E-state index >= 15 is 0 Å². The highest BCUT2D eigenvalue weighted by molar-refractivity contribution is 7.18. The fourth-order valence-corrected chi connectivity index (χ4v) is 4.29. The zero-order valence-electron chi connectivity index (χ0n) is 13.7. The van der Waals surface area contributed by atoms with Gasteiger partial charge in [-0.25, -0.2) is 14.6 Å². The topological polar surface area (TPSA) is 81.8 Å². The van der Waals surface area contributed by atoms with Gasteiger partial charge in [0.15, 0.2) is 0 Å². The molecule has 7 nitrogen and oxygen atoms in total. The van der Waals surface area contributed by atoms with Gasteiger partial charge in [-0.3, -0.25) is 15.0 Å². The van der Waals surface area contributed by atoms with E-state index in [4.69, 9.17) is 0 Å². The SMILES string of the molecule is Cn1cncc1/C=C/C(=O)Nn1cnc2sc3c(c2c1=O)CCCC3. The zero-order chi connectivity index (χ0) is 17.4. The van der Waals surface area contributed by atoms with Crippen LogP contribution in [0.3, 0.4) is 0 Å². The van der Waals surface area contributed by atoms with Crippen molar-refractivity contribution in [3.05, 3.63) is 51.4 Å². The van der Waals surface area contributed by atoms with E-state index < -0.39 is 5.91 Å². The molecule has 0 aromatic carbocycles. The number of carbonyl (C=O) groups excluding carboxylic acids is 1. The van der Waals surface area contributed by atoms with Gasteiger partial charge in [0.1, 0.15) is 11.2 Å². The molecule has 0 aliphatic heterocycles. The minimum Gasteiger partial charge on any atom is -0.334 e. The highest BCUT2D eigenvalue weighted by Gasteiger charge is 2.20. The van der Waals surface area contributed by atoms with E-state index in [0.29, 0.717) is 5.39 Å². The van der Waals surface area contributed by atoms with Gasteiger partial charge >= 0.3 is 0 Å². The number of rotatable bonds is 3. The maximum absolute atomic E-state index is 12.8. The van der Waals surface area contributed by atoms with E-state index in [1.807, 2.05) is 7.05 Å². The van der Waals surface area contributed by atoms with Crippen LogP contribution < -0.4 is 11.0 Å². The number of nitrogens with zero attached hydrogens (tertiary/aromatic N) is 4. The summed E-state index contributed by atoms with van der Waals surface area (Å²) < 4.78 is 2.96. The smallest absolute Gasteiger partial charge is 0.281 e. The van der Waals surface area contributed by atoms with Gasteiger partial charge in [-0.05, 0) is 37.3 Å². The second-order valence-corrected chi connectivity index (χ2v) is 7.13. The lowest BCUT2D eigenvalue weighted by Crippen LogP contribution is -2.32.